The van der Waals surface area contributed by atoms with Crippen LogP contribution in [0.2, 0.25) is 0 Å². The second kappa shape index (κ2) is 8.72. The fourth-order valence-corrected chi connectivity index (χ4v) is 3.70. The van der Waals surface area contributed by atoms with Crippen molar-refractivity contribution in [3.8, 4) is 0 Å². The molecule has 1 aromatic carbocycles. The fraction of sp³-hybridized carbons (Fsp3) is 0.632. The van der Waals surface area contributed by atoms with Crippen molar-refractivity contribution in [3.05, 3.63) is 35.9 Å². The number of hydrogen-bond acceptors (Lipinski definition) is 3. The predicted octanol–water partition coefficient (Wildman–Crippen LogP) is 2.62. The maximum atomic E-state index is 13.6. The number of primary amides is 1. The summed E-state index contributed by atoms with van der Waals surface area (Å²) in [5.41, 5.74) is 12.5. The van der Waals surface area contributed by atoms with Crippen LogP contribution in [0, 0.1) is 11.8 Å². The number of carbonyl (C=O) groups excluding carboxylic acids is 1. The van der Waals surface area contributed by atoms with Gasteiger partial charge in [0.25, 0.3) is 0 Å². The first kappa shape index (κ1) is 19.8. The Morgan fingerprint density at radius 3 is 2.60 bits per heavy atom. The van der Waals surface area contributed by atoms with E-state index in [1.807, 2.05) is 30.3 Å². The van der Waals surface area contributed by atoms with E-state index in [9.17, 15) is 18.7 Å². The number of benzene rings is 1. The Labute approximate surface area is 147 Å². The van der Waals surface area contributed by atoms with E-state index in [0.717, 1.165) is 5.56 Å². The van der Waals surface area contributed by atoms with Crippen molar-refractivity contribution >= 4 is 5.91 Å². The van der Waals surface area contributed by atoms with E-state index in [-0.39, 0.29) is 25.2 Å². The number of rotatable bonds is 8. The summed E-state index contributed by atoms with van der Waals surface area (Å²) in [4.78, 5) is 11.7. The van der Waals surface area contributed by atoms with Crippen molar-refractivity contribution in [2.75, 3.05) is 0 Å². The van der Waals surface area contributed by atoms with Crippen LogP contribution in [0.15, 0.2) is 30.3 Å². The van der Waals surface area contributed by atoms with Crippen molar-refractivity contribution in [1.29, 1.82) is 0 Å². The highest BCUT2D eigenvalue weighted by Gasteiger charge is 2.38. The Hall–Kier alpha value is -1.53. The zero-order chi connectivity index (χ0) is 18.4. The highest BCUT2D eigenvalue weighted by molar-refractivity contribution is 5.76. The first-order valence-corrected chi connectivity index (χ1v) is 8.91. The number of aliphatic hydroxyl groups excluding tert-OH is 1. The molecule has 5 N–H and O–H groups in total. The second-order valence-electron chi connectivity index (χ2n) is 7.31. The van der Waals surface area contributed by atoms with E-state index >= 15 is 0 Å². The molecule has 1 aliphatic carbocycles. The maximum Gasteiger partial charge on any atom is 0.248 e. The minimum atomic E-state index is -2.66. The molecule has 0 bridgehead atoms. The molecular weight excluding hydrogens is 326 g/mol. The monoisotopic (exact) mass is 354 g/mol. The van der Waals surface area contributed by atoms with Gasteiger partial charge in [-0.15, -0.1) is 0 Å². The van der Waals surface area contributed by atoms with Crippen molar-refractivity contribution in [2.24, 2.45) is 23.3 Å². The van der Waals surface area contributed by atoms with E-state index < -0.39 is 29.9 Å². The zero-order valence-electron chi connectivity index (χ0n) is 14.4. The quantitative estimate of drug-likeness (QED) is 0.670. The molecule has 0 heterocycles. The van der Waals surface area contributed by atoms with E-state index in [0.29, 0.717) is 25.7 Å². The van der Waals surface area contributed by atoms with Gasteiger partial charge in [0.05, 0.1) is 6.10 Å². The van der Waals surface area contributed by atoms with E-state index in [1.165, 1.54) is 0 Å². The van der Waals surface area contributed by atoms with Gasteiger partial charge in [-0.25, -0.2) is 8.78 Å². The Balaban J connectivity index is 1.90. The van der Waals surface area contributed by atoms with Gasteiger partial charge in [0.15, 0.2) is 0 Å². The first-order valence-electron chi connectivity index (χ1n) is 8.91. The Morgan fingerprint density at radius 2 is 2.00 bits per heavy atom. The standard InChI is InChI=1S/C19H28F2N2O2/c20-19(21)8-4-7-14(12-19)9-15(18(23)25)11-17(24)16(22)10-13-5-2-1-3-6-13/h1-3,5-6,14-17,24H,4,7-12,22H2,(H2,23,25)/t14?,15-,16+,17+/m1/s1. The molecule has 0 aromatic heterocycles. The van der Waals surface area contributed by atoms with Crippen LogP contribution < -0.4 is 11.5 Å². The molecule has 4 atom stereocenters. The average Bonchev–Trinajstić information content (AvgIpc) is 2.54. The summed E-state index contributed by atoms with van der Waals surface area (Å²) in [6.07, 6.45) is 0.825. The molecule has 0 aliphatic heterocycles. The van der Waals surface area contributed by atoms with Crippen LogP contribution in [0.25, 0.3) is 0 Å². The second-order valence-corrected chi connectivity index (χ2v) is 7.31. The van der Waals surface area contributed by atoms with Gasteiger partial charge in [0, 0.05) is 24.8 Å². The van der Waals surface area contributed by atoms with Gasteiger partial charge < -0.3 is 16.6 Å². The van der Waals surface area contributed by atoms with Crippen LogP contribution in [0.5, 0.6) is 0 Å². The van der Waals surface area contributed by atoms with Crippen LogP contribution in [0.4, 0.5) is 8.78 Å². The minimum absolute atomic E-state index is 0.0880. The van der Waals surface area contributed by atoms with Gasteiger partial charge in [-0.3, -0.25) is 4.79 Å². The van der Waals surface area contributed by atoms with Gasteiger partial charge in [-0.05, 0) is 43.6 Å². The normalized spacial score (nSPS) is 23.6. The molecule has 140 valence electrons. The molecule has 0 saturated heterocycles. The number of nitrogens with two attached hydrogens (primary N) is 2. The first-order chi connectivity index (χ1) is 11.8. The molecule has 4 nitrogen and oxygen atoms in total. The van der Waals surface area contributed by atoms with Crippen molar-refractivity contribution in [1.82, 2.24) is 0 Å². The van der Waals surface area contributed by atoms with Gasteiger partial charge in [0.1, 0.15) is 0 Å². The molecule has 1 aromatic rings. The smallest absolute Gasteiger partial charge is 0.248 e. The topological polar surface area (TPSA) is 89.3 Å². The van der Waals surface area contributed by atoms with E-state index in [1.54, 1.807) is 0 Å². The zero-order valence-corrected chi connectivity index (χ0v) is 14.4. The molecule has 0 radical (unpaired) electrons. The van der Waals surface area contributed by atoms with Gasteiger partial charge in [-0.1, -0.05) is 30.3 Å². The summed E-state index contributed by atoms with van der Waals surface area (Å²) >= 11 is 0. The third-order valence-corrected chi connectivity index (χ3v) is 5.10. The molecule has 1 saturated carbocycles. The molecule has 1 amide bonds. The molecular formula is C19H28F2N2O2. The number of halogens is 2. The summed E-state index contributed by atoms with van der Waals surface area (Å²) < 4.78 is 27.1. The number of amides is 1. The third-order valence-electron chi connectivity index (χ3n) is 5.10. The fourth-order valence-electron chi connectivity index (χ4n) is 3.70. The Morgan fingerprint density at radius 1 is 1.32 bits per heavy atom. The van der Waals surface area contributed by atoms with E-state index in [4.69, 9.17) is 11.5 Å². The lowest BCUT2D eigenvalue weighted by Crippen LogP contribution is -2.40. The summed E-state index contributed by atoms with van der Waals surface area (Å²) in [7, 11) is 0. The summed E-state index contributed by atoms with van der Waals surface area (Å²) in [6, 6.07) is 8.99. The van der Waals surface area contributed by atoms with Crippen LogP contribution in [0.1, 0.15) is 44.1 Å². The van der Waals surface area contributed by atoms with E-state index in [2.05, 4.69) is 0 Å². The molecule has 1 aliphatic rings. The lowest BCUT2D eigenvalue weighted by atomic mass is 9.79. The van der Waals surface area contributed by atoms with Gasteiger partial charge in [-0.2, -0.15) is 0 Å². The molecule has 1 fully saturated rings. The summed E-state index contributed by atoms with van der Waals surface area (Å²) in [5.74, 6) is -4.08. The third kappa shape index (κ3) is 6.36. The van der Waals surface area contributed by atoms with Crippen molar-refractivity contribution in [3.63, 3.8) is 0 Å². The van der Waals surface area contributed by atoms with Crippen LogP contribution in [0.3, 0.4) is 0 Å². The van der Waals surface area contributed by atoms with Crippen LogP contribution in [-0.4, -0.2) is 29.1 Å². The maximum absolute atomic E-state index is 13.6. The average molecular weight is 354 g/mol. The number of carbonyl (C=O) groups is 1. The highest BCUT2D eigenvalue weighted by Crippen LogP contribution is 2.39. The SMILES string of the molecule is NC(=O)[C@H](CC1CCCC(F)(F)C1)C[C@H](O)[C@@H](N)Cc1ccccc1. The number of alkyl halides is 2. The Bertz CT molecular complexity index is 554. The minimum Gasteiger partial charge on any atom is -0.391 e. The molecule has 6 heteroatoms. The Kier molecular flexibility index (Phi) is 6.90. The van der Waals surface area contributed by atoms with Crippen molar-refractivity contribution in [2.45, 2.75) is 63.0 Å². The van der Waals surface area contributed by atoms with Gasteiger partial charge in [0.2, 0.25) is 11.8 Å². The lowest BCUT2D eigenvalue weighted by molar-refractivity contribution is -0.124. The van der Waals surface area contributed by atoms with Crippen LogP contribution >= 0.6 is 0 Å². The number of hydrogen-bond donors (Lipinski definition) is 3. The van der Waals surface area contributed by atoms with Crippen LogP contribution in [-0.2, 0) is 11.2 Å². The lowest BCUT2D eigenvalue weighted by Gasteiger charge is -2.31. The molecule has 25 heavy (non-hydrogen) atoms. The number of aliphatic hydroxyl groups is 1. The van der Waals surface area contributed by atoms with Gasteiger partial charge >= 0.3 is 0 Å². The molecule has 2 rings (SSSR count). The highest BCUT2D eigenvalue weighted by atomic mass is 19.3. The summed E-state index contributed by atoms with van der Waals surface area (Å²) in [5, 5.41) is 10.3. The largest absolute Gasteiger partial charge is 0.391 e. The molecule has 0 spiro atoms. The van der Waals surface area contributed by atoms with Crippen molar-refractivity contribution < 1.29 is 18.7 Å². The predicted molar refractivity (Wildman–Crippen MR) is 93.0 cm³/mol. The molecule has 1 unspecified atom stereocenters. The summed E-state index contributed by atoms with van der Waals surface area (Å²) in [6.45, 7) is 0.